The second-order valence-electron chi connectivity index (χ2n) is 4.26. The van der Waals surface area contributed by atoms with E-state index in [4.69, 9.17) is 0 Å². The first-order valence-corrected chi connectivity index (χ1v) is 6.41. The second-order valence-corrected chi connectivity index (χ2v) is 4.26. The smallest absolute Gasteiger partial charge is 0.187 e. The Balaban J connectivity index is 1.96. The molecular formula is C17H17NO. The first kappa shape index (κ1) is 13.1. The molecule has 0 spiro atoms. The van der Waals surface area contributed by atoms with E-state index in [1.165, 1.54) is 5.56 Å². The molecule has 2 aromatic carbocycles. The molecule has 2 nitrogen and oxygen atoms in total. The van der Waals surface area contributed by atoms with E-state index in [9.17, 15) is 4.79 Å². The van der Waals surface area contributed by atoms with Gasteiger partial charge >= 0.3 is 0 Å². The number of para-hydroxylation sites is 1. The topological polar surface area (TPSA) is 29.1 Å². The highest BCUT2D eigenvalue weighted by atomic mass is 16.1. The highest BCUT2D eigenvalue weighted by Crippen LogP contribution is 2.07. The van der Waals surface area contributed by atoms with Crippen molar-refractivity contribution in [2.24, 2.45) is 0 Å². The van der Waals surface area contributed by atoms with Crippen molar-refractivity contribution in [1.29, 1.82) is 0 Å². The van der Waals surface area contributed by atoms with Crippen LogP contribution in [0.1, 0.15) is 22.8 Å². The van der Waals surface area contributed by atoms with Crippen LogP contribution in [0.25, 0.3) is 0 Å². The minimum absolute atomic E-state index is 0.00563. The molecule has 0 radical (unpaired) electrons. The largest absolute Gasteiger partial charge is 0.362 e. The predicted molar refractivity (Wildman–Crippen MR) is 79.4 cm³/mol. The number of benzene rings is 2. The van der Waals surface area contributed by atoms with Crippen LogP contribution in [-0.2, 0) is 6.42 Å². The third-order valence-corrected chi connectivity index (χ3v) is 2.91. The average Bonchev–Trinajstić information content (AvgIpc) is 2.48. The third-order valence-electron chi connectivity index (χ3n) is 2.91. The number of aryl methyl sites for hydroxylation is 1. The van der Waals surface area contributed by atoms with Gasteiger partial charge in [-0.2, -0.15) is 0 Å². The lowest BCUT2D eigenvalue weighted by molar-refractivity contribution is 0.104. The summed E-state index contributed by atoms with van der Waals surface area (Å²) in [6, 6.07) is 17.5. The van der Waals surface area contributed by atoms with Crippen LogP contribution in [0, 0.1) is 0 Å². The molecule has 2 heteroatoms. The maximum absolute atomic E-state index is 11.9. The van der Waals surface area contributed by atoms with Crippen molar-refractivity contribution < 1.29 is 4.79 Å². The van der Waals surface area contributed by atoms with E-state index in [0.29, 0.717) is 5.56 Å². The van der Waals surface area contributed by atoms with Gasteiger partial charge in [-0.05, 0) is 24.1 Å². The van der Waals surface area contributed by atoms with Crippen LogP contribution in [0.2, 0.25) is 0 Å². The summed E-state index contributed by atoms with van der Waals surface area (Å²) >= 11 is 0. The van der Waals surface area contributed by atoms with E-state index < -0.39 is 0 Å². The van der Waals surface area contributed by atoms with Crippen LogP contribution in [0.15, 0.2) is 66.9 Å². The second kappa shape index (κ2) is 6.55. The van der Waals surface area contributed by atoms with E-state index in [1.807, 2.05) is 54.6 Å². The van der Waals surface area contributed by atoms with E-state index in [2.05, 4.69) is 12.2 Å². The molecule has 0 fully saturated rings. The van der Waals surface area contributed by atoms with Crippen LogP contribution in [0.4, 0.5) is 5.69 Å². The molecule has 2 rings (SSSR count). The molecule has 0 saturated carbocycles. The lowest BCUT2D eigenvalue weighted by Gasteiger charge is -2.00. The first-order chi connectivity index (χ1) is 9.29. The third kappa shape index (κ3) is 3.81. The number of allylic oxidation sites excluding steroid dienone is 1. The van der Waals surface area contributed by atoms with Crippen molar-refractivity contribution in [2.75, 3.05) is 5.32 Å². The maximum atomic E-state index is 11.9. The summed E-state index contributed by atoms with van der Waals surface area (Å²) in [4.78, 5) is 11.9. The molecule has 0 aliphatic heterocycles. The average molecular weight is 251 g/mol. The van der Waals surface area contributed by atoms with Crippen LogP contribution in [0.3, 0.4) is 0 Å². The van der Waals surface area contributed by atoms with Gasteiger partial charge in [-0.25, -0.2) is 0 Å². The molecule has 0 amide bonds. The number of hydrogen-bond donors (Lipinski definition) is 1. The van der Waals surface area contributed by atoms with Crippen molar-refractivity contribution in [2.45, 2.75) is 13.3 Å². The quantitative estimate of drug-likeness (QED) is 0.641. The molecule has 0 bridgehead atoms. The minimum Gasteiger partial charge on any atom is -0.362 e. The Morgan fingerprint density at radius 2 is 1.74 bits per heavy atom. The van der Waals surface area contributed by atoms with Gasteiger partial charge in [0.1, 0.15) is 0 Å². The van der Waals surface area contributed by atoms with Crippen molar-refractivity contribution in [1.82, 2.24) is 0 Å². The summed E-state index contributed by atoms with van der Waals surface area (Å²) in [5, 5.41) is 3.07. The summed E-state index contributed by atoms with van der Waals surface area (Å²) < 4.78 is 0. The van der Waals surface area contributed by atoms with Crippen molar-refractivity contribution in [3.63, 3.8) is 0 Å². The van der Waals surface area contributed by atoms with Crippen LogP contribution >= 0.6 is 0 Å². The number of rotatable bonds is 5. The first-order valence-electron chi connectivity index (χ1n) is 6.41. The lowest BCUT2D eigenvalue weighted by atomic mass is 10.1. The van der Waals surface area contributed by atoms with Gasteiger partial charge in [0.05, 0.1) is 0 Å². The van der Waals surface area contributed by atoms with Crippen LogP contribution in [0.5, 0.6) is 0 Å². The molecule has 0 aromatic heterocycles. The Hall–Kier alpha value is -2.35. The van der Waals surface area contributed by atoms with E-state index in [1.54, 1.807) is 12.3 Å². The van der Waals surface area contributed by atoms with Crippen molar-refractivity contribution in [3.05, 3.63) is 78.0 Å². The Bertz CT molecular complexity index is 556. The molecule has 96 valence electrons. The molecule has 0 heterocycles. The zero-order chi connectivity index (χ0) is 13.5. The fourth-order valence-electron chi connectivity index (χ4n) is 1.75. The highest BCUT2D eigenvalue weighted by Gasteiger charge is 2.00. The Kier molecular flexibility index (Phi) is 4.51. The molecule has 0 saturated heterocycles. The van der Waals surface area contributed by atoms with Gasteiger partial charge in [-0.1, -0.05) is 49.4 Å². The van der Waals surface area contributed by atoms with Gasteiger partial charge in [-0.3, -0.25) is 4.79 Å². The van der Waals surface area contributed by atoms with E-state index in [-0.39, 0.29) is 5.78 Å². The number of carbonyl (C=O) groups excluding carboxylic acids is 1. The molecule has 19 heavy (non-hydrogen) atoms. The summed E-state index contributed by atoms with van der Waals surface area (Å²) in [6.07, 6.45) is 4.21. The number of anilines is 1. The Morgan fingerprint density at radius 3 is 2.37 bits per heavy atom. The number of ketones is 1. The highest BCUT2D eigenvalue weighted by molar-refractivity contribution is 6.04. The van der Waals surface area contributed by atoms with Gasteiger partial charge in [0.15, 0.2) is 5.78 Å². The van der Waals surface area contributed by atoms with Crippen molar-refractivity contribution in [3.8, 4) is 0 Å². The van der Waals surface area contributed by atoms with Gasteiger partial charge < -0.3 is 5.32 Å². The van der Waals surface area contributed by atoms with E-state index >= 15 is 0 Å². The monoisotopic (exact) mass is 251 g/mol. The fourth-order valence-corrected chi connectivity index (χ4v) is 1.75. The molecular weight excluding hydrogens is 234 g/mol. The van der Waals surface area contributed by atoms with Crippen LogP contribution < -0.4 is 5.32 Å². The summed E-state index contributed by atoms with van der Waals surface area (Å²) in [7, 11) is 0. The number of nitrogens with one attached hydrogen (secondary N) is 1. The minimum atomic E-state index is 0.00563. The molecule has 0 unspecified atom stereocenters. The van der Waals surface area contributed by atoms with Gasteiger partial charge in [0.25, 0.3) is 0 Å². The molecule has 0 aliphatic carbocycles. The van der Waals surface area contributed by atoms with Gasteiger partial charge in [0, 0.05) is 23.5 Å². The standard InChI is InChI=1S/C17H17NO/c1-2-14-8-10-15(11-9-14)17(19)12-13-18-16-6-4-3-5-7-16/h3-13,18H,2H2,1H3. The Morgan fingerprint density at radius 1 is 1.05 bits per heavy atom. The zero-order valence-electron chi connectivity index (χ0n) is 11.0. The number of hydrogen-bond acceptors (Lipinski definition) is 2. The summed E-state index contributed by atoms with van der Waals surface area (Å²) in [6.45, 7) is 2.10. The summed E-state index contributed by atoms with van der Waals surface area (Å²) in [5.41, 5.74) is 2.92. The maximum Gasteiger partial charge on any atom is 0.187 e. The number of carbonyl (C=O) groups is 1. The van der Waals surface area contributed by atoms with Gasteiger partial charge in [-0.15, -0.1) is 0 Å². The van der Waals surface area contributed by atoms with Crippen molar-refractivity contribution >= 4 is 11.5 Å². The molecule has 0 aliphatic rings. The van der Waals surface area contributed by atoms with Crippen LogP contribution in [-0.4, -0.2) is 5.78 Å². The molecule has 0 atom stereocenters. The molecule has 2 aromatic rings. The summed E-state index contributed by atoms with van der Waals surface area (Å²) in [5.74, 6) is 0.00563. The lowest BCUT2D eigenvalue weighted by Crippen LogP contribution is -1.96. The fraction of sp³-hybridized carbons (Fsp3) is 0.118. The normalized spacial score (nSPS) is 10.6. The van der Waals surface area contributed by atoms with E-state index in [0.717, 1.165) is 12.1 Å². The zero-order valence-corrected chi connectivity index (χ0v) is 11.0. The predicted octanol–water partition coefficient (Wildman–Crippen LogP) is 4.06. The Labute approximate surface area is 113 Å². The molecule has 1 N–H and O–H groups in total. The SMILES string of the molecule is CCc1ccc(C(=O)C=CNc2ccccc2)cc1. The van der Waals surface area contributed by atoms with Gasteiger partial charge in [0.2, 0.25) is 0 Å².